The second-order valence-corrected chi connectivity index (χ2v) is 21.7. The highest BCUT2D eigenvalue weighted by Crippen LogP contribution is 2.39. The zero-order chi connectivity index (χ0) is 50.2. The number of nitrogens with zero attached hydrogens (tertiary/aromatic N) is 8. The third-order valence-corrected chi connectivity index (χ3v) is 13.2. The average molecular weight is 939 g/mol. The van der Waals surface area contributed by atoms with Crippen LogP contribution in [0.2, 0.25) is 0 Å². The van der Waals surface area contributed by atoms with Crippen molar-refractivity contribution >= 4 is 0 Å². The zero-order valence-electron chi connectivity index (χ0n) is 42.5. The number of rotatable bonds is 9. The van der Waals surface area contributed by atoms with Gasteiger partial charge in [-0.3, -0.25) is 0 Å². The molecule has 0 saturated carbocycles. The van der Waals surface area contributed by atoms with Gasteiger partial charge in [-0.15, -0.1) is 0 Å². The molecule has 6 aromatic carbocycles. The van der Waals surface area contributed by atoms with Crippen molar-refractivity contribution in [1.82, 2.24) is 39.9 Å². The molecule has 4 aromatic heterocycles. The molecule has 354 valence electrons. The second kappa shape index (κ2) is 19.1. The van der Waals surface area contributed by atoms with Crippen LogP contribution in [-0.2, 0) is 16.2 Å². The molecule has 0 aliphatic heterocycles. The van der Waals surface area contributed by atoms with Crippen LogP contribution in [0.3, 0.4) is 0 Å². The molecule has 0 aliphatic carbocycles. The predicted octanol–water partition coefficient (Wildman–Crippen LogP) is 15.7. The summed E-state index contributed by atoms with van der Waals surface area (Å²) in [5, 5.41) is 0. The van der Waals surface area contributed by atoms with E-state index in [4.69, 9.17) is 9.97 Å². The fourth-order valence-corrected chi connectivity index (χ4v) is 8.95. The van der Waals surface area contributed by atoms with E-state index in [-0.39, 0.29) is 16.2 Å². The van der Waals surface area contributed by atoms with Crippen molar-refractivity contribution in [2.75, 3.05) is 0 Å². The van der Waals surface area contributed by atoms with Crippen LogP contribution in [0, 0.1) is 0 Å². The van der Waals surface area contributed by atoms with Gasteiger partial charge in [0.25, 0.3) is 0 Å². The van der Waals surface area contributed by atoms with E-state index in [0.29, 0.717) is 5.82 Å². The second-order valence-electron chi connectivity index (χ2n) is 21.7. The van der Waals surface area contributed by atoms with E-state index in [9.17, 15) is 0 Å². The molecule has 10 rings (SSSR count). The summed E-state index contributed by atoms with van der Waals surface area (Å²) in [6.07, 6.45) is 16.0. The molecule has 0 amide bonds. The summed E-state index contributed by atoms with van der Waals surface area (Å²) in [5.74, 6) is 0.631. The lowest BCUT2D eigenvalue weighted by atomic mass is 9.83. The fraction of sp³-hybridized carbons (Fsp3) is 0.188. The van der Waals surface area contributed by atoms with Gasteiger partial charge in [0.2, 0.25) is 0 Å². The first-order valence-electron chi connectivity index (χ1n) is 24.5. The van der Waals surface area contributed by atoms with Crippen LogP contribution in [-0.4, -0.2) is 39.9 Å². The molecule has 8 heteroatoms. The van der Waals surface area contributed by atoms with Gasteiger partial charge in [-0.25, -0.2) is 39.9 Å². The Morgan fingerprint density at radius 3 is 0.806 bits per heavy atom. The molecule has 0 bridgehead atoms. The van der Waals surface area contributed by atoms with Crippen molar-refractivity contribution in [2.45, 2.75) is 78.6 Å². The predicted molar refractivity (Wildman–Crippen MR) is 294 cm³/mol. The van der Waals surface area contributed by atoms with Crippen molar-refractivity contribution in [3.05, 3.63) is 206 Å². The van der Waals surface area contributed by atoms with Crippen LogP contribution in [0.25, 0.3) is 101 Å². The minimum Gasteiger partial charge on any atom is -0.244 e. The van der Waals surface area contributed by atoms with Gasteiger partial charge in [0.1, 0.15) is 19.0 Å². The standard InChI is InChI=1S/C64H58N8/c1-62(2,3)56-25-47(22-50(28-56)53-32-65-38-66-33-53)41-13-10-16-44(19-41)59-31-60(45-17-11-14-42(20-45)48-23-51(54-34-67-39-68-35-54)29-57(26-48)63(4,5)6)72-61(71-59)46-18-12-15-43(21-46)49-24-52(55-36-69-40-70-37-55)30-58(27-49)64(7,8)9/h10-40H,1-9H3. The van der Waals surface area contributed by atoms with E-state index in [1.54, 1.807) is 19.0 Å². The molecule has 0 unspecified atom stereocenters. The van der Waals surface area contributed by atoms with E-state index >= 15 is 0 Å². The van der Waals surface area contributed by atoms with Gasteiger partial charge >= 0.3 is 0 Å². The first kappa shape index (κ1) is 47.3. The van der Waals surface area contributed by atoms with Crippen molar-refractivity contribution in [1.29, 1.82) is 0 Å². The molecule has 0 atom stereocenters. The maximum atomic E-state index is 5.42. The van der Waals surface area contributed by atoms with Gasteiger partial charge in [-0.2, -0.15) is 0 Å². The zero-order valence-corrected chi connectivity index (χ0v) is 42.5. The van der Waals surface area contributed by atoms with Gasteiger partial charge in [0.15, 0.2) is 5.82 Å². The van der Waals surface area contributed by atoms with Crippen molar-refractivity contribution in [2.24, 2.45) is 0 Å². The number of aromatic nitrogens is 8. The van der Waals surface area contributed by atoms with Gasteiger partial charge in [-0.1, -0.05) is 153 Å². The van der Waals surface area contributed by atoms with E-state index in [1.807, 2.05) is 37.2 Å². The SMILES string of the molecule is CC(C)(C)c1cc(-c2cncnc2)cc(-c2cccc(-c3cc(-c4cccc(-c5cc(-c6cncnc6)cc(C(C)(C)C)c5)c4)nc(-c4cccc(-c5cc(-c6cncnc6)cc(C(C)(C)C)c5)c4)n3)c2)c1. The smallest absolute Gasteiger partial charge is 0.160 e. The highest BCUT2D eigenvalue weighted by Gasteiger charge is 2.21. The Balaban J connectivity index is 1.13. The summed E-state index contributed by atoms with van der Waals surface area (Å²) < 4.78 is 0. The summed E-state index contributed by atoms with van der Waals surface area (Å²) in [6.45, 7) is 20.2. The molecule has 72 heavy (non-hydrogen) atoms. The normalized spacial score (nSPS) is 12.0. The van der Waals surface area contributed by atoms with Crippen LogP contribution < -0.4 is 0 Å². The highest BCUT2D eigenvalue weighted by molar-refractivity contribution is 5.82. The Morgan fingerprint density at radius 2 is 0.500 bits per heavy atom. The van der Waals surface area contributed by atoms with Crippen molar-refractivity contribution < 1.29 is 0 Å². The minimum absolute atomic E-state index is 0.0886. The highest BCUT2D eigenvalue weighted by atomic mass is 14.9. The van der Waals surface area contributed by atoms with Crippen LogP contribution in [0.5, 0.6) is 0 Å². The summed E-state index contributed by atoms with van der Waals surface area (Å²) in [5.41, 5.74) is 20.6. The average Bonchev–Trinajstić information content (AvgIpc) is 3.40. The van der Waals surface area contributed by atoms with Crippen LogP contribution >= 0.6 is 0 Å². The quantitative estimate of drug-likeness (QED) is 0.141. The summed E-state index contributed by atoms with van der Waals surface area (Å²) >= 11 is 0. The van der Waals surface area contributed by atoms with Crippen molar-refractivity contribution in [3.63, 3.8) is 0 Å². The van der Waals surface area contributed by atoms with E-state index in [2.05, 4.69) is 226 Å². The maximum Gasteiger partial charge on any atom is 0.160 e. The molecule has 0 spiro atoms. The molecule has 10 aromatic rings. The van der Waals surface area contributed by atoms with Crippen LogP contribution in [0.4, 0.5) is 0 Å². The molecule has 4 heterocycles. The topological polar surface area (TPSA) is 103 Å². The number of hydrogen-bond acceptors (Lipinski definition) is 8. The lowest BCUT2D eigenvalue weighted by molar-refractivity contribution is 0.590. The lowest BCUT2D eigenvalue weighted by Gasteiger charge is -2.22. The van der Waals surface area contributed by atoms with Gasteiger partial charge in [0, 0.05) is 70.6 Å². The molecule has 0 N–H and O–H groups in total. The molecular weight excluding hydrogens is 881 g/mol. The van der Waals surface area contributed by atoms with Gasteiger partial charge in [-0.05, 0) is 125 Å². The van der Waals surface area contributed by atoms with E-state index < -0.39 is 0 Å². The monoisotopic (exact) mass is 938 g/mol. The van der Waals surface area contributed by atoms with Crippen molar-refractivity contribution in [3.8, 4) is 101 Å². The van der Waals surface area contributed by atoms with Gasteiger partial charge in [0.05, 0.1) is 11.4 Å². The Hall–Kier alpha value is -8.36. The Bertz CT molecular complexity index is 3180. The first-order chi connectivity index (χ1) is 34.5. The third kappa shape index (κ3) is 10.4. The summed E-state index contributed by atoms with van der Waals surface area (Å²) in [7, 11) is 0. The fourth-order valence-electron chi connectivity index (χ4n) is 8.95. The summed E-state index contributed by atoms with van der Waals surface area (Å²) in [6, 6.07) is 48.4. The Kier molecular flexibility index (Phi) is 12.6. The molecule has 8 nitrogen and oxygen atoms in total. The Labute approximate surface area is 423 Å². The molecule has 0 radical (unpaired) electrons. The molecular formula is C64H58N8. The van der Waals surface area contributed by atoms with Crippen LogP contribution in [0.15, 0.2) is 190 Å². The Morgan fingerprint density at radius 1 is 0.250 bits per heavy atom. The van der Waals surface area contributed by atoms with Gasteiger partial charge < -0.3 is 0 Å². The molecule has 0 saturated heterocycles. The lowest BCUT2D eigenvalue weighted by Crippen LogP contribution is -2.11. The largest absolute Gasteiger partial charge is 0.244 e. The minimum atomic E-state index is -0.0926. The number of hydrogen-bond donors (Lipinski definition) is 0. The summed E-state index contributed by atoms with van der Waals surface area (Å²) in [4.78, 5) is 36.9. The third-order valence-electron chi connectivity index (χ3n) is 13.2. The molecule has 0 aliphatic rings. The van der Waals surface area contributed by atoms with E-state index in [0.717, 1.165) is 94.8 Å². The van der Waals surface area contributed by atoms with Crippen LogP contribution in [0.1, 0.15) is 79.0 Å². The van der Waals surface area contributed by atoms with E-state index in [1.165, 1.54) is 16.7 Å². The molecule has 0 fully saturated rings. The first-order valence-corrected chi connectivity index (χ1v) is 24.5. The number of benzene rings is 6. The maximum absolute atomic E-state index is 5.42.